The largest absolute Gasteiger partial charge is 0.444 e. The van der Waals surface area contributed by atoms with Gasteiger partial charge < -0.3 is 25.4 Å². The van der Waals surface area contributed by atoms with Crippen molar-refractivity contribution in [2.45, 2.75) is 46.3 Å². The van der Waals surface area contributed by atoms with Crippen LogP contribution in [0.5, 0.6) is 5.75 Å². The molecular weight excluding hydrogens is 434 g/mol. The number of hydrogen-bond donors (Lipinski definition) is 2. The third kappa shape index (κ3) is 5.25. The van der Waals surface area contributed by atoms with Crippen LogP contribution >= 0.6 is 11.3 Å². The molecule has 0 aliphatic carbocycles. The molecule has 0 unspecified atom stereocenters. The second-order valence-corrected chi connectivity index (χ2v) is 9.37. The van der Waals surface area contributed by atoms with Crippen molar-refractivity contribution < 1.29 is 28.7 Å². The Kier molecular flexibility index (Phi) is 6.54. The maximum Gasteiger partial charge on any atom is 0.410 e. The first-order valence-electron chi connectivity index (χ1n) is 9.97. The van der Waals surface area contributed by atoms with Gasteiger partial charge in [0.1, 0.15) is 16.4 Å². The number of carbonyl (C=O) groups excluding carboxylic acids is 4. The molecule has 1 aliphatic heterocycles. The van der Waals surface area contributed by atoms with Crippen molar-refractivity contribution in [2.24, 2.45) is 5.73 Å². The van der Waals surface area contributed by atoms with Crippen molar-refractivity contribution in [2.75, 3.05) is 11.9 Å². The molecule has 32 heavy (non-hydrogen) atoms. The van der Waals surface area contributed by atoms with E-state index in [0.717, 1.165) is 4.88 Å². The summed E-state index contributed by atoms with van der Waals surface area (Å²) in [5, 5.41) is 3.00. The molecule has 3 amide bonds. The van der Waals surface area contributed by atoms with Crippen LogP contribution in [0.1, 0.15) is 58.9 Å². The van der Waals surface area contributed by atoms with Gasteiger partial charge in [-0.2, -0.15) is 0 Å². The van der Waals surface area contributed by atoms with Gasteiger partial charge in [0.2, 0.25) is 0 Å². The van der Waals surface area contributed by atoms with Gasteiger partial charge in [0, 0.05) is 18.3 Å². The van der Waals surface area contributed by atoms with Gasteiger partial charge in [-0.3, -0.25) is 14.4 Å². The minimum atomic E-state index is -0.670. The highest BCUT2D eigenvalue weighted by Crippen LogP contribution is 2.37. The molecule has 0 bridgehead atoms. The summed E-state index contributed by atoms with van der Waals surface area (Å²) in [6.45, 7) is 7.22. The zero-order chi connectivity index (χ0) is 23.6. The van der Waals surface area contributed by atoms with E-state index in [0.29, 0.717) is 18.5 Å². The molecule has 10 heteroatoms. The van der Waals surface area contributed by atoms with Crippen LogP contribution in [0.15, 0.2) is 24.3 Å². The highest BCUT2D eigenvalue weighted by Gasteiger charge is 2.31. The zero-order valence-corrected chi connectivity index (χ0v) is 19.1. The van der Waals surface area contributed by atoms with Crippen molar-refractivity contribution >= 4 is 40.2 Å². The Morgan fingerprint density at radius 1 is 1.16 bits per heavy atom. The van der Waals surface area contributed by atoms with E-state index in [4.69, 9.17) is 15.2 Å². The Hall–Kier alpha value is -3.40. The van der Waals surface area contributed by atoms with Crippen LogP contribution in [0.2, 0.25) is 0 Å². The Morgan fingerprint density at radius 3 is 2.47 bits per heavy atom. The Labute approximate surface area is 189 Å². The third-order valence-electron chi connectivity index (χ3n) is 4.57. The standard InChI is InChI=1S/C22H25N3O6S/c1-12(26)30-15-8-6-5-7-13(15)19(28)24-20-17(18(23)27)14-9-10-25(11-16(14)32-20)21(29)31-22(2,3)4/h5-8H,9-11H2,1-4H3,(H2,23,27)(H,24,28). The second-order valence-electron chi connectivity index (χ2n) is 8.27. The normalized spacial score (nSPS) is 13.2. The first-order chi connectivity index (χ1) is 15.0. The van der Waals surface area contributed by atoms with Crippen molar-refractivity contribution in [3.8, 4) is 5.75 Å². The highest BCUT2D eigenvalue weighted by atomic mass is 32.1. The van der Waals surface area contributed by atoms with Crippen molar-refractivity contribution in [1.29, 1.82) is 0 Å². The number of benzene rings is 1. The lowest BCUT2D eigenvalue weighted by molar-refractivity contribution is -0.131. The number of nitrogens with one attached hydrogen (secondary N) is 1. The molecule has 0 radical (unpaired) electrons. The summed E-state index contributed by atoms with van der Waals surface area (Å²) in [5.41, 5.74) is 6.07. The number of amides is 3. The van der Waals surface area contributed by atoms with Gasteiger partial charge in [-0.25, -0.2) is 4.79 Å². The molecule has 0 spiro atoms. The number of anilines is 1. The number of esters is 1. The summed E-state index contributed by atoms with van der Waals surface area (Å²) >= 11 is 1.18. The molecule has 2 heterocycles. The third-order valence-corrected chi connectivity index (χ3v) is 5.70. The van der Waals surface area contributed by atoms with Crippen LogP contribution in [0.4, 0.5) is 9.80 Å². The summed E-state index contributed by atoms with van der Waals surface area (Å²) < 4.78 is 10.5. The molecule has 0 fully saturated rings. The molecule has 3 rings (SSSR count). The lowest BCUT2D eigenvalue weighted by Gasteiger charge is -2.30. The minimum Gasteiger partial charge on any atom is -0.444 e. The maximum absolute atomic E-state index is 12.9. The van der Waals surface area contributed by atoms with Crippen molar-refractivity contribution in [3.63, 3.8) is 0 Å². The number of para-hydroxylation sites is 1. The molecule has 3 N–H and O–H groups in total. The van der Waals surface area contributed by atoms with Crippen LogP contribution < -0.4 is 15.8 Å². The monoisotopic (exact) mass is 459 g/mol. The van der Waals surface area contributed by atoms with Gasteiger partial charge in [-0.15, -0.1) is 11.3 Å². The predicted molar refractivity (Wildman–Crippen MR) is 119 cm³/mol. The molecule has 9 nitrogen and oxygen atoms in total. The topological polar surface area (TPSA) is 128 Å². The fourth-order valence-electron chi connectivity index (χ4n) is 3.30. The highest BCUT2D eigenvalue weighted by molar-refractivity contribution is 7.17. The fourth-order valence-corrected chi connectivity index (χ4v) is 4.57. The number of hydrogen-bond acceptors (Lipinski definition) is 7. The lowest BCUT2D eigenvalue weighted by atomic mass is 10.0. The van der Waals surface area contributed by atoms with Gasteiger partial charge >= 0.3 is 12.1 Å². The summed E-state index contributed by atoms with van der Waals surface area (Å²) in [6, 6.07) is 6.28. The predicted octanol–water partition coefficient (Wildman–Crippen LogP) is 3.32. The maximum atomic E-state index is 12.9. The first kappa shape index (κ1) is 23.3. The van der Waals surface area contributed by atoms with E-state index in [-0.39, 0.29) is 28.4 Å². The summed E-state index contributed by atoms with van der Waals surface area (Å²) in [4.78, 5) is 51.2. The van der Waals surface area contributed by atoms with Gasteiger partial charge in [0.15, 0.2) is 0 Å². The van der Waals surface area contributed by atoms with E-state index in [2.05, 4.69) is 5.32 Å². The number of ether oxygens (including phenoxy) is 2. The molecular formula is C22H25N3O6S. The molecule has 1 aliphatic rings. The van der Waals surface area contributed by atoms with E-state index < -0.39 is 29.5 Å². The summed E-state index contributed by atoms with van der Waals surface area (Å²) in [5.74, 6) is -1.67. The summed E-state index contributed by atoms with van der Waals surface area (Å²) in [6.07, 6.45) is -0.0402. The molecule has 170 valence electrons. The van der Waals surface area contributed by atoms with Crippen LogP contribution in [0.3, 0.4) is 0 Å². The van der Waals surface area contributed by atoms with Gasteiger partial charge in [0.05, 0.1) is 17.7 Å². The Balaban J connectivity index is 1.87. The summed E-state index contributed by atoms with van der Waals surface area (Å²) in [7, 11) is 0. The number of rotatable bonds is 4. The number of nitrogens with two attached hydrogens (primary N) is 1. The Bertz CT molecular complexity index is 1090. The molecule has 0 atom stereocenters. The first-order valence-corrected chi connectivity index (χ1v) is 10.8. The molecule has 1 aromatic carbocycles. The van der Waals surface area contributed by atoms with Gasteiger partial charge in [0.25, 0.3) is 11.8 Å². The van der Waals surface area contributed by atoms with Crippen LogP contribution in [-0.4, -0.2) is 40.9 Å². The number of primary amides is 1. The number of thiophene rings is 1. The van der Waals surface area contributed by atoms with Crippen molar-refractivity contribution in [3.05, 3.63) is 45.8 Å². The number of carbonyl (C=O) groups is 4. The van der Waals surface area contributed by atoms with E-state index in [9.17, 15) is 19.2 Å². The van der Waals surface area contributed by atoms with Crippen LogP contribution in [-0.2, 0) is 22.5 Å². The lowest BCUT2D eigenvalue weighted by Crippen LogP contribution is -2.39. The minimum absolute atomic E-state index is 0.107. The second kappa shape index (κ2) is 8.99. The SMILES string of the molecule is CC(=O)Oc1ccccc1C(=O)Nc1sc2c(c1C(N)=O)CCN(C(=O)OC(C)(C)C)C2. The van der Waals surface area contributed by atoms with Gasteiger partial charge in [-0.1, -0.05) is 12.1 Å². The quantitative estimate of drug-likeness (QED) is 0.533. The average Bonchev–Trinajstić information content (AvgIpc) is 3.03. The van der Waals surface area contributed by atoms with Crippen molar-refractivity contribution in [1.82, 2.24) is 4.90 Å². The number of fused-ring (bicyclic) bond motifs is 1. The van der Waals surface area contributed by atoms with Gasteiger partial charge in [-0.05, 0) is 44.9 Å². The Morgan fingerprint density at radius 2 is 1.84 bits per heavy atom. The smallest absolute Gasteiger partial charge is 0.410 e. The number of nitrogens with zero attached hydrogens (tertiary/aromatic N) is 1. The molecule has 0 saturated carbocycles. The van der Waals surface area contributed by atoms with E-state index in [1.54, 1.807) is 37.8 Å². The van der Waals surface area contributed by atoms with E-state index >= 15 is 0 Å². The zero-order valence-electron chi connectivity index (χ0n) is 18.3. The van der Waals surface area contributed by atoms with Crippen LogP contribution in [0.25, 0.3) is 0 Å². The fraction of sp³-hybridized carbons (Fsp3) is 0.364. The average molecular weight is 460 g/mol. The van der Waals surface area contributed by atoms with E-state index in [1.165, 1.54) is 30.4 Å². The molecule has 2 aromatic rings. The molecule has 0 saturated heterocycles. The molecule has 1 aromatic heterocycles. The van der Waals surface area contributed by atoms with E-state index in [1.807, 2.05) is 0 Å². The van der Waals surface area contributed by atoms with Crippen LogP contribution in [0, 0.1) is 0 Å².